The van der Waals surface area contributed by atoms with E-state index in [2.05, 4.69) is 25.7 Å². The number of carbonyl (C=O) groups is 1. The molecule has 3 heteroatoms. The molecular formula is C18H37NO2. The molecule has 0 N–H and O–H groups in total. The van der Waals surface area contributed by atoms with Gasteiger partial charge in [0, 0.05) is 13.0 Å². The first-order valence-electron chi connectivity index (χ1n) is 9.12. The number of ether oxygens (including phenoxy) is 1. The van der Waals surface area contributed by atoms with Crippen LogP contribution in [0.15, 0.2) is 0 Å². The van der Waals surface area contributed by atoms with E-state index in [1.807, 2.05) is 0 Å². The van der Waals surface area contributed by atoms with E-state index in [-0.39, 0.29) is 5.97 Å². The van der Waals surface area contributed by atoms with Crippen molar-refractivity contribution in [2.24, 2.45) is 0 Å². The monoisotopic (exact) mass is 299 g/mol. The zero-order valence-corrected chi connectivity index (χ0v) is 14.7. The standard InChI is InChI=1S/C18H37NO2/c1-4-7-8-9-10-11-12-13-15-18(20)21-17-14-16-19(5-2)6-3/h4-17H2,1-3H3. The third-order valence-corrected chi connectivity index (χ3v) is 4.01. The second kappa shape index (κ2) is 15.8. The third-order valence-electron chi connectivity index (χ3n) is 4.01. The van der Waals surface area contributed by atoms with Gasteiger partial charge in [-0.2, -0.15) is 0 Å². The van der Waals surface area contributed by atoms with Crippen LogP contribution in [-0.4, -0.2) is 37.1 Å². The first kappa shape index (κ1) is 20.4. The van der Waals surface area contributed by atoms with Gasteiger partial charge in [0.25, 0.3) is 0 Å². The van der Waals surface area contributed by atoms with Crippen molar-refractivity contribution >= 4 is 5.97 Å². The van der Waals surface area contributed by atoms with Gasteiger partial charge in [-0.1, -0.05) is 65.7 Å². The Balaban J connectivity index is 3.27. The molecule has 0 aliphatic carbocycles. The molecule has 21 heavy (non-hydrogen) atoms. The van der Waals surface area contributed by atoms with E-state index in [9.17, 15) is 4.79 Å². The van der Waals surface area contributed by atoms with Gasteiger partial charge in [0.15, 0.2) is 0 Å². The van der Waals surface area contributed by atoms with Crippen LogP contribution in [0, 0.1) is 0 Å². The summed E-state index contributed by atoms with van der Waals surface area (Å²) in [6, 6.07) is 0. The number of carbonyl (C=O) groups excluding carboxylic acids is 1. The van der Waals surface area contributed by atoms with Gasteiger partial charge in [0.2, 0.25) is 0 Å². The largest absolute Gasteiger partial charge is 0.466 e. The highest BCUT2D eigenvalue weighted by molar-refractivity contribution is 5.69. The van der Waals surface area contributed by atoms with Crippen molar-refractivity contribution < 1.29 is 9.53 Å². The lowest BCUT2D eigenvalue weighted by Gasteiger charge is -2.17. The average Bonchev–Trinajstić information content (AvgIpc) is 2.50. The molecule has 0 aliphatic rings. The first-order valence-corrected chi connectivity index (χ1v) is 9.12. The molecule has 3 nitrogen and oxygen atoms in total. The lowest BCUT2D eigenvalue weighted by Crippen LogP contribution is -2.25. The summed E-state index contributed by atoms with van der Waals surface area (Å²) in [6.07, 6.45) is 11.7. The van der Waals surface area contributed by atoms with Crippen LogP contribution in [0.1, 0.15) is 85.0 Å². The fourth-order valence-electron chi connectivity index (χ4n) is 2.49. The molecule has 0 amide bonds. The van der Waals surface area contributed by atoms with Crippen LogP contribution in [0.5, 0.6) is 0 Å². The summed E-state index contributed by atoms with van der Waals surface area (Å²) in [4.78, 5) is 13.9. The summed E-state index contributed by atoms with van der Waals surface area (Å²) in [6.45, 7) is 10.3. The van der Waals surface area contributed by atoms with Crippen molar-refractivity contribution in [1.29, 1.82) is 0 Å². The van der Waals surface area contributed by atoms with E-state index < -0.39 is 0 Å². The predicted octanol–water partition coefficient (Wildman–Crippen LogP) is 4.79. The van der Waals surface area contributed by atoms with Gasteiger partial charge in [-0.05, 0) is 25.9 Å². The number of unbranched alkanes of at least 4 members (excludes halogenated alkanes) is 7. The van der Waals surface area contributed by atoms with Crippen LogP contribution in [-0.2, 0) is 9.53 Å². The van der Waals surface area contributed by atoms with Crippen LogP contribution in [0.2, 0.25) is 0 Å². The molecule has 0 aromatic heterocycles. The highest BCUT2D eigenvalue weighted by Crippen LogP contribution is 2.09. The Morgan fingerprint density at radius 2 is 1.38 bits per heavy atom. The Hall–Kier alpha value is -0.570. The van der Waals surface area contributed by atoms with E-state index in [0.29, 0.717) is 13.0 Å². The number of hydrogen-bond donors (Lipinski definition) is 0. The van der Waals surface area contributed by atoms with Gasteiger partial charge in [-0.3, -0.25) is 4.79 Å². The topological polar surface area (TPSA) is 29.5 Å². The van der Waals surface area contributed by atoms with Gasteiger partial charge in [-0.15, -0.1) is 0 Å². The van der Waals surface area contributed by atoms with Gasteiger partial charge >= 0.3 is 5.97 Å². The average molecular weight is 299 g/mol. The Kier molecular flexibility index (Phi) is 15.4. The summed E-state index contributed by atoms with van der Waals surface area (Å²) < 4.78 is 5.28. The maximum absolute atomic E-state index is 11.6. The molecule has 0 bridgehead atoms. The predicted molar refractivity (Wildman–Crippen MR) is 90.6 cm³/mol. The lowest BCUT2D eigenvalue weighted by molar-refractivity contribution is -0.143. The highest BCUT2D eigenvalue weighted by Gasteiger charge is 2.03. The van der Waals surface area contributed by atoms with Crippen molar-refractivity contribution in [3.05, 3.63) is 0 Å². The Bertz CT molecular complexity index is 227. The SMILES string of the molecule is CCCCCCCCCCC(=O)OCCCN(CC)CC. The molecule has 0 rings (SSSR count). The number of hydrogen-bond acceptors (Lipinski definition) is 3. The Labute approximate surface area is 132 Å². The summed E-state index contributed by atoms with van der Waals surface area (Å²) >= 11 is 0. The zero-order chi connectivity index (χ0) is 15.8. The van der Waals surface area contributed by atoms with Gasteiger partial charge in [-0.25, -0.2) is 0 Å². The van der Waals surface area contributed by atoms with Gasteiger partial charge < -0.3 is 9.64 Å². The molecule has 0 heterocycles. The minimum absolute atomic E-state index is 0.0134. The molecule has 0 aliphatic heterocycles. The van der Waals surface area contributed by atoms with Crippen molar-refractivity contribution in [1.82, 2.24) is 4.90 Å². The Morgan fingerprint density at radius 3 is 1.95 bits per heavy atom. The summed E-state index contributed by atoms with van der Waals surface area (Å²) in [5, 5.41) is 0. The van der Waals surface area contributed by atoms with Crippen molar-refractivity contribution in [3.63, 3.8) is 0 Å². The number of nitrogens with zero attached hydrogens (tertiary/aromatic N) is 1. The van der Waals surface area contributed by atoms with Crippen LogP contribution >= 0.6 is 0 Å². The molecule has 0 saturated carbocycles. The quantitative estimate of drug-likeness (QED) is 0.321. The molecular weight excluding hydrogens is 262 g/mol. The highest BCUT2D eigenvalue weighted by atomic mass is 16.5. The van der Waals surface area contributed by atoms with E-state index in [1.165, 1.54) is 44.9 Å². The van der Waals surface area contributed by atoms with Crippen molar-refractivity contribution in [2.75, 3.05) is 26.2 Å². The maximum Gasteiger partial charge on any atom is 0.305 e. The molecule has 0 unspecified atom stereocenters. The maximum atomic E-state index is 11.6. The molecule has 126 valence electrons. The molecule has 0 spiro atoms. The number of esters is 1. The summed E-state index contributed by atoms with van der Waals surface area (Å²) in [7, 11) is 0. The zero-order valence-electron chi connectivity index (χ0n) is 14.7. The lowest BCUT2D eigenvalue weighted by atomic mass is 10.1. The first-order chi connectivity index (χ1) is 10.2. The minimum atomic E-state index is -0.0134. The van der Waals surface area contributed by atoms with E-state index >= 15 is 0 Å². The second-order valence-electron chi connectivity index (χ2n) is 5.83. The van der Waals surface area contributed by atoms with Crippen molar-refractivity contribution in [3.8, 4) is 0 Å². The smallest absolute Gasteiger partial charge is 0.305 e. The molecule has 0 atom stereocenters. The number of rotatable bonds is 15. The Morgan fingerprint density at radius 1 is 0.810 bits per heavy atom. The summed E-state index contributed by atoms with van der Waals surface area (Å²) in [5.41, 5.74) is 0. The fourth-order valence-corrected chi connectivity index (χ4v) is 2.49. The minimum Gasteiger partial charge on any atom is -0.466 e. The van der Waals surface area contributed by atoms with Crippen LogP contribution < -0.4 is 0 Å². The van der Waals surface area contributed by atoms with Gasteiger partial charge in [0.1, 0.15) is 0 Å². The van der Waals surface area contributed by atoms with Gasteiger partial charge in [0.05, 0.1) is 6.61 Å². The van der Waals surface area contributed by atoms with Crippen LogP contribution in [0.25, 0.3) is 0 Å². The normalized spacial score (nSPS) is 11.0. The van der Waals surface area contributed by atoms with Crippen LogP contribution in [0.4, 0.5) is 0 Å². The van der Waals surface area contributed by atoms with E-state index in [4.69, 9.17) is 4.74 Å². The van der Waals surface area contributed by atoms with Crippen LogP contribution in [0.3, 0.4) is 0 Å². The molecule has 0 saturated heterocycles. The molecule has 0 fully saturated rings. The molecule has 0 aromatic rings. The molecule has 0 aromatic carbocycles. The van der Waals surface area contributed by atoms with E-state index in [1.54, 1.807) is 0 Å². The third kappa shape index (κ3) is 14.1. The van der Waals surface area contributed by atoms with E-state index in [0.717, 1.165) is 32.5 Å². The van der Waals surface area contributed by atoms with Crippen molar-refractivity contribution in [2.45, 2.75) is 85.0 Å². The summed E-state index contributed by atoms with van der Waals surface area (Å²) in [5.74, 6) is -0.0134. The fraction of sp³-hybridized carbons (Fsp3) is 0.944. The second-order valence-corrected chi connectivity index (χ2v) is 5.83. The molecule has 0 radical (unpaired) electrons.